The number of fused-ring (bicyclic) bond motifs is 1. The van der Waals surface area contributed by atoms with Crippen molar-refractivity contribution in [1.82, 2.24) is 0 Å². The second-order valence-electron chi connectivity index (χ2n) is 4.94. The van der Waals surface area contributed by atoms with Gasteiger partial charge < -0.3 is 4.74 Å². The van der Waals surface area contributed by atoms with Gasteiger partial charge >= 0.3 is 5.97 Å². The van der Waals surface area contributed by atoms with Crippen LogP contribution in [0.2, 0.25) is 0 Å². The molecule has 3 atom stereocenters. The Morgan fingerprint density at radius 1 is 1.25 bits per heavy atom. The second kappa shape index (κ2) is 3.93. The Morgan fingerprint density at radius 3 is 2.69 bits per heavy atom. The zero-order chi connectivity index (χ0) is 11.0. The van der Waals surface area contributed by atoms with Crippen molar-refractivity contribution in [3.8, 4) is 0 Å². The second-order valence-corrected chi connectivity index (χ2v) is 4.94. The number of carbonyl (C=O) groups excluding carboxylic acids is 1. The summed E-state index contributed by atoms with van der Waals surface area (Å²) in [6.07, 6.45) is 3.53. The Bertz CT molecular complexity index is 385. The third kappa shape index (κ3) is 1.84. The lowest BCUT2D eigenvalue weighted by molar-refractivity contribution is -0.150. The SMILES string of the molecule is O=C(OCc1ccccc1)C1CCC2CC21. The maximum atomic E-state index is 11.8. The third-order valence-electron chi connectivity index (χ3n) is 3.87. The standard InChI is InChI=1S/C14H16O2/c15-14(12-7-6-11-8-13(11)12)16-9-10-4-2-1-3-5-10/h1-5,11-13H,6-9H2. The van der Waals surface area contributed by atoms with Gasteiger partial charge in [-0.15, -0.1) is 0 Å². The molecule has 0 saturated heterocycles. The van der Waals surface area contributed by atoms with E-state index in [-0.39, 0.29) is 11.9 Å². The smallest absolute Gasteiger partial charge is 0.309 e. The Morgan fingerprint density at radius 2 is 2.06 bits per heavy atom. The van der Waals surface area contributed by atoms with Crippen LogP contribution in [0.1, 0.15) is 24.8 Å². The van der Waals surface area contributed by atoms with Gasteiger partial charge in [-0.1, -0.05) is 30.3 Å². The van der Waals surface area contributed by atoms with Crippen LogP contribution in [-0.2, 0) is 16.1 Å². The Labute approximate surface area is 95.6 Å². The van der Waals surface area contributed by atoms with Crippen LogP contribution in [0, 0.1) is 17.8 Å². The summed E-state index contributed by atoms with van der Waals surface area (Å²) in [5.41, 5.74) is 1.07. The van der Waals surface area contributed by atoms with Crippen LogP contribution in [0.4, 0.5) is 0 Å². The molecule has 2 aliphatic carbocycles. The fraction of sp³-hybridized carbons (Fsp3) is 0.500. The van der Waals surface area contributed by atoms with Gasteiger partial charge in [-0.2, -0.15) is 0 Å². The van der Waals surface area contributed by atoms with Gasteiger partial charge in [-0.25, -0.2) is 0 Å². The molecule has 2 fully saturated rings. The summed E-state index contributed by atoms with van der Waals surface area (Å²) in [6, 6.07) is 9.88. The number of hydrogen-bond donors (Lipinski definition) is 0. The molecule has 16 heavy (non-hydrogen) atoms. The summed E-state index contributed by atoms with van der Waals surface area (Å²) in [7, 11) is 0. The molecule has 2 aliphatic rings. The van der Waals surface area contributed by atoms with E-state index in [2.05, 4.69) is 0 Å². The highest BCUT2D eigenvalue weighted by atomic mass is 16.5. The van der Waals surface area contributed by atoms with Gasteiger partial charge in [0.05, 0.1) is 5.92 Å². The summed E-state index contributed by atoms with van der Waals surface area (Å²) in [5, 5.41) is 0. The topological polar surface area (TPSA) is 26.3 Å². The van der Waals surface area contributed by atoms with Crippen molar-refractivity contribution in [1.29, 1.82) is 0 Å². The Hall–Kier alpha value is -1.31. The molecule has 2 saturated carbocycles. The van der Waals surface area contributed by atoms with E-state index < -0.39 is 0 Å². The normalized spacial score (nSPS) is 30.9. The van der Waals surface area contributed by atoms with Crippen molar-refractivity contribution >= 4 is 5.97 Å². The minimum Gasteiger partial charge on any atom is -0.461 e. The van der Waals surface area contributed by atoms with Crippen LogP contribution >= 0.6 is 0 Å². The molecule has 0 aromatic heterocycles. The molecule has 2 heteroatoms. The van der Waals surface area contributed by atoms with Gasteiger partial charge in [-0.3, -0.25) is 4.79 Å². The first kappa shape index (κ1) is 9.88. The molecule has 1 aromatic carbocycles. The van der Waals surface area contributed by atoms with Gasteiger partial charge in [0.1, 0.15) is 6.61 Å². The third-order valence-corrected chi connectivity index (χ3v) is 3.87. The van der Waals surface area contributed by atoms with Gasteiger partial charge in [-0.05, 0) is 36.7 Å². The monoisotopic (exact) mass is 216 g/mol. The zero-order valence-corrected chi connectivity index (χ0v) is 9.26. The van der Waals surface area contributed by atoms with Crippen LogP contribution in [0.25, 0.3) is 0 Å². The highest BCUT2D eigenvalue weighted by Gasteiger charge is 2.51. The van der Waals surface area contributed by atoms with Gasteiger partial charge in [0, 0.05) is 0 Å². The molecule has 3 unspecified atom stereocenters. The number of hydrogen-bond acceptors (Lipinski definition) is 2. The highest BCUT2D eigenvalue weighted by Crippen LogP contribution is 2.55. The van der Waals surface area contributed by atoms with E-state index in [9.17, 15) is 4.79 Å². The molecule has 0 N–H and O–H groups in total. The maximum Gasteiger partial charge on any atom is 0.309 e. The lowest BCUT2D eigenvalue weighted by Gasteiger charge is -2.11. The molecule has 2 nitrogen and oxygen atoms in total. The minimum absolute atomic E-state index is 0.0221. The van der Waals surface area contributed by atoms with E-state index in [0.29, 0.717) is 12.5 Å². The van der Waals surface area contributed by atoms with E-state index in [1.54, 1.807) is 0 Å². The zero-order valence-electron chi connectivity index (χ0n) is 9.26. The summed E-state index contributed by atoms with van der Waals surface area (Å²) < 4.78 is 5.37. The van der Waals surface area contributed by atoms with Crippen LogP contribution in [-0.4, -0.2) is 5.97 Å². The van der Waals surface area contributed by atoms with Crippen LogP contribution < -0.4 is 0 Å². The fourth-order valence-corrected chi connectivity index (χ4v) is 2.83. The molecule has 0 bridgehead atoms. The summed E-state index contributed by atoms with van der Waals surface area (Å²) in [6.45, 7) is 0.424. The lowest BCUT2D eigenvalue weighted by Crippen LogP contribution is -2.17. The Kier molecular flexibility index (Phi) is 2.43. The van der Waals surface area contributed by atoms with Crippen molar-refractivity contribution in [2.75, 3.05) is 0 Å². The van der Waals surface area contributed by atoms with E-state index >= 15 is 0 Å². The quantitative estimate of drug-likeness (QED) is 0.726. The number of ether oxygens (including phenoxy) is 1. The number of carbonyl (C=O) groups is 1. The highest BCUT2D eigenvalue weighted by molar-refractivity contribution is 5.73. The Balaban J connectivity index is 1.53. The first-order chi connectivity index (χ1) is 7.84. The van der Waals surface area contributed by atoms with Crippen molar-refractivity contribution in [2.24, 2.45) is 17.8 Å². The molecule has 0 amide bonds. The molecule has 1 aromatic rings. The maximum absolute atomic E-state index is 11.8. The molecular weight excluding hydrogens is 200 g/mol. The van der Waals surface area contributed by atoms with Crippen molar-refractivity contribution in [3.63, 3.8) is 0 Å². The summed E-state index contributed by atoms with van der Waals surface area (Å²) in [4.78, 5) is 11.8. The molecule has 84 valence electrons. The van der Waals surface area contributed by atoms with E-state index in [1.165, 1.54) is 12.8 Å². The first-order valence-electron chi connectivity index (χ1n) is 6.05. The number of rotatable bonds is 3. The average Bonchev–Trinajstić information content (AvgIpc) is 2.99. The molecular formula is C14H16O2. The van der Waals surface area contributed by atoms with Crippen molar-refractivity contribution < 1.29 is 9.53 Å². The minimum atomic E-state index is 0.0221. The molecule has 0 aliphatic heterocycles. The van der Waals surface area contributed by atoms with E-state index in [1.807, 2.05) is 30.3 Å². The number of benzene rings is 1. The molecule has 0 spiro atoms. The average molecular weight is 216 g/mol. The predicted molar refractivity (Wildman–Crippen MR) is 60.6 cm³/mol. The molecule has 3 rings (SSSR count). The van der Waals surface area contributed by atoms with E-state index in [4.69, 9.17) is 4.74 Å². The van der Waals surface area contributed by atoms with Gasteiger partial charge in [0.2, 0.25) is 0 Å². The number of esters is 1. The van der Waals surface area contributed by atoms with Gasteiger partial charge in [0.15, 0.2) is 0 Å². The van der Waals surface area contributed by atoms with Crippen LogP contribution in [0.5, 0.6) is 0 Å². The summed E-state index contributed by atoms with van der Waals surface area (Å²) in [5.74, 6) is 1.72. The summed E-state index contributed by atoms with van der Waals surface area (Å²) >= 11 is 0. The molecule has 0 heterocycles. The largest absolute Gasteiger partial charge is 0.461 e. The first-order valence-corrected chi connectivity index (χ1v) is 6.05. The lowest BCUT2D eigenvalue weighted by atomic mass is 10.0. The molecule has 0 radical (unpaired) electrons. The van der Waals surface area contributed by atoms with E-state index in [0.717, 1.165) is 17.9 Å². The van der Waals surface area contributed by atoms with Crippen molar-refractivity contribution in [2.45, 2.75) is 25.9 Å². The van der Waals surface area contributed by atoms with Crippen LogP contribution in [0.3, 0.4) is 0 Å². The predicted octanol–water partition coefficient (Wildman–Crippen LogP) is 2.78. The fourth-order valence-electron chi connectivity index (χ4n) is 2.83. The van der Waals surface area contributed by atoms with Gasteiger partial charge in [0.25, 0.3) is 0 Å². The van der Waals surface area contributed by atoms with Crippen molar-refractivity contribution in [3.05, 3.63) is 35.9 Å². The van der Waals surface area contributed by atoms with Crippen LogP contribution in [0.15, 0.2) is 30.3 Å².